The molecule has 0 spiro atoms. The first kappa shape index (κ1) is 96.1. The first-order chi connectivity index (χ1) is 47.7. The van der Waals surface area contributed by atoms with Crippen molar-refractivity contribution in [1.82, 2.24) is 0 Å². The summed E-state index contributed by atoms with van der Waals surface area (Å²) in [6.45, 7) is 4.97. The van der Waals surface area contributed by atoms with Gasteiger partial charge in [0.05, 0.1) is 26.4 Å². The second kappa shape index (κ2) is 73.4. The molecule has 5 atom stereocenters. The third-order valence-electron chi connectivity index (χ3n) is 18.6. The van der Waals surface area contributed by atoms with Gasteiger partial charge < -0.3 is 33.8 Å². The van der Waals surface area contributed by atoms with Crippen molar-refractivity contribution in [3.05, 3.63) is 0 Å². The predicted octanol–water partition coefficient (Wildman–Crippen LogP) is 23.8. The number of aliphatic hydroxyl groups is 1. The van der Waals surface area contributed by atoms with Gasteiger partial charge >= 0.3 is 39.5 Å². The number of ether oxygens (including phenoxy) is 4. The van der Waals surface area contributed by atoms with Gasteiger partial charge in [0.15, 0.2) is 12.2 Å². The number of aliphatic hydroxyl groups excluding tert-OH is 1. The molecule has 0 aliphatic rings. The summed E-state index contributed by atoms with van der Waals surface area (Å²) in [5, 5.41) is 10.6. The van der Waals surface area contributed by atoms with Gasteiger partial charge in [-0.3, -0.25) is 37.3 Å². The molecule has 0 aromatic rings. The second-order valence-corrected chi connectivity index (χ2v) is 31.4. The van der Waals surface area contributed by atoms with E-state index in [0.29, 0.717) is 25.7 Å². The first-order valence-corrected chi connectivity index (χ1v) is 44.3. The van der Waals surface area contributed by atoms with E-state index in [1.165, 1.54) is 250 Å². The van der Waals surface area contributed by atoms with Gasteiger partial charge in [0.2, 0.25) is 0 Å². The summed E-state index contributed by atoms with van der Waals surface area (Å²) >= 11 is 0. The summed E-state index contributed by atoms with van der Waals surface area (Å²) in [5.41, 5.74) is 0. The van der Waals surface area contributed by atoms with Crippen LogP contribution in [0.5, 0.6) is 0 Å². The molecule has 3 N–H and O–H groups in total. The lowest BCUT2D eigenvalue weighted by atomic mass is 10.0. The molecule has 0 heterocycles. The van der Waals surface area contributed by atoms with Crippen LogP contribution in [-0.2, 0) is 65.4 Å². The molecule has 2 unspecified atom stereocenters. The minimum Gasteiger partial charge on any atom is -0.462 e. The molecule has 0 aromatic carbocycles. The number of phosphoric acid groups is 2. The van der Waals surface area contributed by atoms with Gasteiger partial charge in [0.25, 0.3) is 0 Å². The van der Waals surface area contributed by atoms with Crippen molar-refractivity contribution < 1.29 is 80.2 Å². The van der Waals surface area contributed by atoms with E-state index in [1.807, 2.05) is 0 Å². The summed E-state index contributed by atoms with van der Waals surface area (Å²) in [6.07, 6.45) is 65.5. The average molecular weight is 1440 g/mol. The Morgan fingerprint density at radius 2 is 0.408 bits per heavy atom. The third-order valence-corrected chi connectivity index (χ3v) is 20.5. The zero-order valence-electron chi connectivity index (χ0n) is 63.8. The molecule has 0 radical (unpaired) electrons. The van der Waals surface area contributed by atoms with Gasteiger partial charge in [-0.1, -0.05) is 374 Å². The van der Waals surface area contributed by atoms with Gasteiger partial charge in [-0.25, -0.2) is 9.13 Å². The number of hydrogen-bond donors (Lipinski definition) is 3. The van der Waals surface area contributed by atoms with E-state index in [-0.39, 0.29) is 25.7 Å². The highest BCUT2D eigenvalue weighted by atomic mass is 31.2. The van der Waals surface area contributed by atoms with Crippen LogP contribution in [0.4, 0.5) is 0 Å². The van der Waals surface area contributed by atoms with E-state index in [1.54, 1.807) is 0 Å². The Morgan fingerprint density at radius 3 is 0.602 bits per heavy atom. The van der Waals surface area contributed by atoms with Gasteiger partial charge in [-0.15, -0.1) is 0 Å². The number of hydrogen-bond acceptors (Lipinski definition) is 15. The fraction of sp³-hybridized carbons (Fsp3) is 0.949. The average Bonchev–Trinajstić information content (AvgIpc) is 1.17. The molecule has 582 valence electrons. The maximum Gasteiger partial charge on any atom is 0.472 e. The van der Waals surface area contributed by atoms with Gasteiger partial charge in [0, 0.05) is 25.7 Å². The molecule has 0 amide bonds. The van der Waals surface area contributed by atoms with Crippen LogP contribution in [0.3, 0.4) is 0 Å². The van der Waals surface area contributed by atoms with Crippen molar-refractivity contribution in [3.63, 3.8) is 0 Å². The number of phosphoric ester groups is 2. The molecule has 0 aromatic heterocycles. The predicted molar refractivity (Wildman–Crippen MR) is 400 cm³/mol. The Kier molecular flexibility index (Phi) is 71.9. The molecule has 0 saturated heterocycles. The summed E-state index contributed by atoms with van der Waals surface area (Å²) in [4.78, 5) is 72.7. The van der Waals surface area contributed by atoms with Crippen molar-refractivity contribution >= 4 is 39.5 Å². The van der Waals surface area contributed by atoms with Crippen molar-refractivity contribution in [1.29, 1.82) is 0 Å². The molecule has 17 nitrogen and oxygen atoms in total. The number of rotatable bonds is 80. The molecule has 0 rings (SSSR count). The van der Waals surface area contributed by atoms with E-state index >= 15 is 0 Å². The zero-order chi connectivity index (χ0) is 71.8. The maximum atomic E-state index is 13.1. The summed E-state index contributed by atoms with van der Waals surface area (Å²) in [5.74, 6) is -2.11. The SMILES string of the molecule is CCCCCCCCCCCCCCCCCCCCCCCC(=O)O[C@H](COC(=O)CCCCCCCCCCCCCCCCCCCCC)COP(=O)(O)OC[C@@H](O)COP(=O)(O)OC[C@@H](COC(=O)CCCCCCCCCC)OC(=O)CCCCCCCCCCCC. The minimum atomic E-state index is -4.96. The lowest BCUT2D eigenvalue weighted by Crippen LogP contribution is -2.30. The normalized spacial score (nSPS) is 13.8. The van der Waals surface area contributed by atoms with Crippen LogP contribution in [-0.4, -0.2) is 96.7 Å². The van der Waals surface area contributed by atoms with E-state index in [0.717, 1.165) is 96.3 Å². The quantitative estimate of drug-likeness (QED) is 0.0222. The number of carbonyl (C=O) groups excluding carboxylic acids is 4. The van der Waals surface area contributed by atoms with Crippen LogP contribution in [0.2, 0.25) is 0 Å². The third kappa shape index (κ3) is 72.4. The Hall–Kier alpha value is -1.94. The molecular weight excluding hydrogens is 1280 g/mol. The standard InChI is InChI=1S/C79H154O17P2/c1-5-9-13-17-21-25-28-30-32-34-36-37-39-41-43-45-47-50-54-58-62-66-79(84)96-75(70-90-77(82)64-60-56-52-49-46-44-42-40-38-35-33-31-29-26-22-18-14-10-6-2)72-94-98(87,88)92-68-73(80)67-91-97(85,86)93-71-74(69-89-76(81)63-59-55-51-24-20-16-12-8-4)95-78(83)65-61-57-53-48-27-23-19-15-11-7-3/h73-75,80H,5-72H2,1-4H3,(H,85,86)(H,87,88)/t73-,74+,75+/m0/s1. The fourth-order valence-electron chi connectivity index (χ4n) is 12.3. The van der Waals surface area contributed by atoms with Crippen LogP contribution in [0, 0.1) is 0 Å². The summed E-state index contributed by atoms with van der Waals surface area (Å²) < 4.78 is 68.5. The van der Waals surface area contributed by atoms with E-state index in [4.69, 9.17) is 37.0 Å². The highest BCUT2D eigenvalue weighted by Crippen LogP contribution is 2.45. The van der Waals surface area contributed by atoms with Crippen molar-refractivity contribution in [2.45, 2.75) is 444 Å². The number of esters is 4. The first-order valence-electron chi connectivity index (χ1n) is 41.3. The fourth-order valence-corrected chi connectivity index (χ4v) is 13.9. The topological polar surface area (TPSA) is 237 Å². The molecule has 98 heavy (non-hydrogen) atoms. The molecule has 0 bridgehead atoms. The van der Waals surface area contributed by atoms with E-state index < -0.39 is 97.5 Å². The Morgan fingerprint density at radius 1 is 0.245 bits per heavy atom. The number of carbonyl (C=O) groups is 4. The Bertz CT molecular complexity index is 1860. The minimum absolute atomic E-state index is 0.107. The lowest BCUT2D eigenvalue weighted by molar-refractivity contribution is -0.161. The molecule has 0 fully saturated rings. The van der Waals surface area contributed by atoms with E-state index in [9.17, 15) is 43.2 Å². The molecule has 0 aliphatic carbocycles. The van der Waals surface area contributed by atoms with Crippen LogP contribution >= 0.6 is 15.6 Å². The van der Waals surface area contributed by atoms with Crippen molar-refractivity contribution in [2.24, 2.45) is 0 Å². The molecule has 0 saturated carbocycles. The number of unbranched alkanes of at least 4 members (excludes halogenated alkanes) is 54. The summed E-state index contributed by atoms with van der Waals surface area (Å²) in [7, 11) is -9.91. The van der Waals surface area contributed by atoms with E-state index in [2.05, 4.69) is 27.7 Å². The largest absolute Gasteiger partial charge is 0.472 e. The van der Waals surface area contributed by atoms with Gasteiger partial charge in [0.1, 0.15) is 19.3 Å². The molecular formula is C79H154O17P2. The Balaban J connectivity index is 5.15. The molecule has 0 aliphatic heterocycles. The molecule has 19 heteroatoms. The van der Waals surface area contributed by atoms with Crippen LogP contribution in [0.1, 0.15) is 426 Å². The zero-order valence-corrected chi connectivity index (χ0v) is 65.6. The highest BCUT2D eigenvalue weighted by Gasteiger charge is 2.30. The maximum absolute atomic E-state index is 13.1. The smallest absolute Gasteiger partial charge is 0.462 e. The monoisotopic (exact) mass is 1440 g/mol. The second-order valence-electron chi connectivity index (χ2n) is 28.5. The summed E-state index contributed by atoms with van der Waals surface area (Å²) in [6, 6.07) is 0. The van der Waals surface area contributed by atoms with Crippen LogP contribution in [0.25, 0.3) is 0 Å². The van der Waals surface area contributed by atoms with Crippen molar-refractivity contribution in [3.8, 4) is 0 Å². The van der Waals surface area contributed by atoms with Crippen molar-refractivity contribution in [2.75, 3.05) is 39.6 Å². The van der Waals surface area contributed by atoms with Crippen LogP contribution in [0.15, 0.2) is 0 Å². The lowest BCUT2D eigenvalue weighted by Gasteiger charge is -2.21. The van der Waals surface area contributed by atoms with Crippen LogP contribution < -0.4 is 0 Å². The van der Waals surface area contributed by atoms with Gasteiger partial charge in [-0.2, -0.15) is 0 Å². The Labute approximate surface area is 600 Å². The van der Waals surface area contributed by atoms with Gasteiger partial charge in [-0.05, 0) is 25.7 Å². The highest BCUT2D eigenvalue weighted by molar-refractivity contribution is 7.47.